The minimum atomic E-state index is -0.825. The molecule has 6 heteroatoms. The predicted molar refractivity (Wildman–Crippen MR) is 95.2 cm³/mol. The van der Waals surface area contributed by atoms with Gasteiger partial charge in [-0.25, -0.2) is 4.79 Å². The molecule has 2 fully saturated rings. The summed E-state index contributed by atoms with van der Waals surface area (Å²) < 4.78 is 0. The third-order valence-corrected chi connectivity index (χ3v) is 5.55. The van der Waals surface area contributed by atoms with Gasteiger partial charge in [0, 0.05) is 5.69 Å². The van der Waals surface area contributed by atoms with Crippen LogP contribution in [-0.2, 0) is 9.59 Å². The van der Waals surface area contributed by atoms with Crippen molar-refractivity contribution in [3.05, 3.63) is 29.3 Å². The van der Waals surface area contributed by atoms with E-state index >= 15 is 0 Å². The second-order valence-corrected chi connectivity index (χ2v) is 7.25. The van der Waals surface area contributed by atoms with E-state index in [9.17, 15) is 14.4 Å². The zero-order valence-electron chi connectivity index (χ0n) is 15.0. The number of anilines is 1. The van der Waals surface area contributed by atoms with Crippen LogP contribution in [0, 0.1) is 19.8 Å². The fraction of sp³-hybridized carbons (Fsp3) is 0.526. The molecule has 2 aliphatic rings. The molecule has 1 heterocycles. The quantitative estimate of drug-likeness (QED) is 0.828. The predicted octanol–water partition coefficient (Wildman–Crippen LogP) is 2.74. The molecule has 25 heavy (non-hydrogen) atoms. The SMILES string of the molecule is Cc1cccc(C)c1NC(=O)CN1C(=O)NC2(CCCCC2C)C1=O. The Morgan fingerprint density at radius 3 is 2.60 bits per heavy atom. The van der Waals surface area contributed by atoms with Gasteiger partial charge in [-0.2, -0.15) is 0 Å². The van der Waals surface area contributed by atoms with E-state index in [0.29, 0.717) is 6.42 Å². The highest BCUT2D eigenvalue weighted by atomic mass is 16.2. The van der Waals surface area contributed by atoms with E-state index in [2.05, 4.69) is 10.6 Å². The van der Waals surface area contributed by atoms with Gasteiger partial charge in [0.25, 0.3) is 5.91 Å². The van der Waals surface area contributed by atoms with Crippen molar-refractivity contribution in [3.63, 3.8) is 0 Å². The number of hydrogen-bond donors (Lipinski definition) is 2. The summed E-state index contributed by atoms with van der Waals surface area (Å²) in [6.07, 6.45) is 3.54. The summed E-state index contributed by atoms with van der Waals surface area (Å²) >= 11 is 0. The topological polar surface area (TPSA) is 78.5 Å². The molecule has 1 aromatic carbocycles. The summed E-state index contributed by atoms with van der Waals surface area (Å²) in [5.74, 6) is -0.535. The molecule has 1 saturated carbocycles. The van der Waals surface area contributed by atoms with Crippen LogP contribution in [0.3, 0.4) is 0 Å². The molecule has 2 N–H and O–H groups in total. The molecule has 1 aliphatic heterocycles. The van der Waals surface area contributed by atoms with Crippen LogP contribution in [0.15, 0.2) is 18.2 Å². The average Bonchev–Trinajstić information content (AvgIpc) is 2.79. The normalized spacial score (nSPS) is 26.0. The van der Waals surface area contributed by atoms with Crippen molar-refractivity contribution in [2.24, 2.45) is 5.92 Å². The number of amides is 4. The fourth-order valence-electron chi connectivity index (χ4n) is 3.97. The van der Waals surface area contributed by atoms with Crippen LogP contribution in [-0.4, -0.2) is 34.8 Å². The van der Waals surface area contributed by atoms with Crippen molar-refractivity contribution in [1.29, 1.82) is 0 Å². The van der Waals surface area contributed by atoms with E-state index < -0.39 is 11.6 Å². The third-order valence-electron chi connectivity index (χ3n) is 5.55. The van der Waals surface area contributed by atoms with Gasteiger partial charge < -0.3 is 10.6 Å². The molecule has 0 bridgehead atoms. The molecule has 3 rings (SSSR count). The lowest BCUT2D eigenvalue weighted by Gasteiger charge is -2.36. The van der Waals surface area contributed by atoms with E-state index in [0.717, 1.165) is 41.0 Å². The monoisotopic (exact) mass is 343 g/mol. The van der Waals surface area contributed by atoms with Crippen LogP contribution in [0.25, 0.3) is 0 Å². The number of rotatable bonds is 3. The lowest BCUT2D eigenvalue weighted by Crippen LogP contribution is -2.54. The van der Waals surface area contributed by atoms with Gasteiger partial charge in [0.1, 0.15) is 12.1 Å². The van der Waals surface area contributed by atoms with Crippen molar-refractivity contribution in [2.45, 2.75) is 52.0 Å². The molecule has 1 aromatic rings. The third kappa shape index (κ3) is 3.01. The van der Waals surface area contributed by atoms with Crippen molar-refractivity contribution >= 4 is 23.5 Å². The molecule has 0 aromatic heterocycles. The summed E-state index contributed by atoms with van der Waals surface area (Å²) in [4.78, 5) is 38.7. The summed E-state index contributed by atoms with van der Waals surface area (Å²) in [6, 6.07) is 5.28. The van der Waals surface area contributed by atoms with Gasteiger partial charge in [-0.1, -0.05) is 38.0 Å². The van der Waals surface area contributed by atoms with E-state index in [1.54, 1.807) is 0 Å². The number of hydrogen-bond acceptors (Lipinski definition) is 3. The minimum Gasteiger partial charge on any atom is -0.324 e. The van der Waals surface area contributed by atoms with E-state index in [1.165, 1.54) is 0 Å². The van der Waals surface area contributed by atoms with Crippen LogP contribution in [0.2, 0.25) is 0 Å². The Hall–Kier alpha value is -2.37. The first-order valence-electron chi connectivity index (χ1n) is 8.85. The standard InChI is InChI=1S/C19H25N3O3/c1-12-7-6-8-13(2)16(12)20-15(23)11-22-17(24)19(21-18(22)25)10-5-4-9-14(19)3/h6-8,14H,4-5,9-11H2,1-3H3,(H,20,23)(H,21,25). The van der Waals surface area contributed by atoms with Crippen molar-refractivity contribution in [2.75, 3.05) is 11.9 Å². The number of nitrogens with zero attached hydrogens (tertiary/aromatic N) is 1. The number of imide groups is 1. The van der Waals surface area contributed by atoms with Crippen LogP contribution >= 0.6 is 0 Å². The maximum Gasteiger partial charge on any atom is 0.325 e. The zero-order chi connectivity index (χ0) is 18.2. The molecule has 2 atom stereocenters. The lowest BCUT2D eigenvalue weighted by molar-refractivity contribution is -0.136. The molecule has 134 valence electrons. The van der Waals surface area contributed by atoms with Crippen LogP contribution in [0.5, 0.6) is 0 Å². The maximum atomic E-state index is 12.9. The number of benzene rings is 1. The molecule has 0 radical (unpaired) electrons. The van der Waals surface area contributed by atoms with Gasteiger partial charge in [0.15, 0.2) is 0 Å². The first kappa shape index (κ1) is 17.5. The Morgan fingerprint density at radius 1 is 1.28 bits per heavy atom. The number of aryl methyl sites for hydroxylation is 2. The number of carbonyl (C=O) groups is 3. The average molecular weight is 343 g/mol. The van der Waals surface area contributed by atoms with Gasteiger partial charge in [-0.15, -0.1) is 0 Å². The molecule has 2 unspecified atom stereocenters. The largest absolute Gasteiger partial charge is 0.325 e. The Bertz CT molecular complexity index is 710. The zero-order valence-corrected chi connectivity index (χ0v) is 15.0. The smallest absolute Gasteiger partial charge is 0.324 e. The summed E-state index contributed by atoms with van der Waals surface area (Å²) in [5, 5.41) is 5.70. The van der Waals surface area contributed by atoms with Crippen LogP contribution < -0.4 is 10.6 Å². The van der Waals surface area contributed by atoms with Gasteiger partial charge in [-0.05, 0) is 43.7 Å². The molecule has 6 nitrogen and oxygen atoms in total. The Kier molecular flexibility index (Phi) is 4.54. The van der Waals surface area contributed by atoms with Crippen molar-refractivity contribution < 1.29 is 14.4 Å². The molecule has 1 saturated heterocycles. The van der Waals surface area contributed by atoms with Gasteiger partial charge in [0.05, 0.1) is 0 Å². The van der Waals surface area contributed by atoms with Crippen LogP contribution in [0.4, 0.5) is 10.5 Å². The van der Waals surface area contributed by atoms with Gasteiger partial charge >= 0.3 is 6.03 Å². The van der Waals surface area contributed by atoms with Crippen molar-refractivity contribution in [3.8, 4) is 0 Å². The van der Waals surface area contributed by atoms with Gasteiger partial charge in [-0.3, -0.25) is 14.5 Å². The minimum absolute atomic E-state index is 0.0874. The first-order valence-corrected chi connectivity index (χ1v) is 8.85. The van der Waals surface area contributed by atoms with E-state index in [1.807, 2.05) is 39.0 Å². The maximum absolute atomic E-state index is 12.9. The molecule has 1 spiro atoms. The Morgan fingerprint density at radius 2 is 1.96 bits per heavy atom. The molecule has 1 aliphatic carbocycles. The van der Waals surface area contributed by atoms with Crippen molar-refractivity contribution in [1.82, 2.24) is 10.2 Å². The second kappa shape index (κ2) is 6.50. The molecule has 4 amide bonds. The molecular weight excluding hydrogens is 318 g/mol. The number of urea groups is 1. The highest BCUT2D eigenvalue weighted by Crippen LogP contribution is 2.38. The number of carbonyl (C=O) groups excluding carboxylic acids is 3. The summed E-state index contributed by atoms with van der Waals surface area (Å²) in [5.41, 5.74) is 1.81. The highest BCUT2D eigenvalue weighted by molar-refractivity contribution is 6.10. The summed E-state index contributed by atoms with van der Waals surface area (Å²) in [7, 11) is 0. The second-order valence-electron chi connectivity index (χ2n) is 7.25. The first-order chi connectivity index (χ1) is 11.8. The van der Waals surface area contributed by atoms with E-state index in [4.69, 9.17) is 0 Å². The van der Waals surface area contributed by atoms with E-state index in [-0.39, 0.29) is 24.3 Å². The molecular formula is C19H25N3O3. The number of para-hydroxylation sites is 1. The Balaban J connectivity index is 1.73. The highest BCUT2D eigenvalue weighted by Gasteiger charge is 2.55. The van der Waals surface area contributed by atoms with Gasteiger partial charge in [0.2, 0.25) is 5.91 Å². The van der Waals surface area contributed by atoms with Crippen LogP contribution in [0.1, 0.15) is 43.7 Å². The Labute approximate surface area is 148 Å². The summed E-state index contributed by atoms with van der Waals surface area (Å²) in [6.45, 7) is 5.56. The lowest BCUT2D eigenvalue weighted by atomic mass is 9.73. The fourth-order valence-corrected chi connectivity index (χ4v) is 3.97. The number of nitrogens with one attached hydrogen (secondary N) is 2.